The number of hydrogen-bond donors (Lipinski definition) is 1. The first-order valence-electron chi connectivity index (χ1n) is 7.17. The van der Waals surface area contributed by atoms with Crippen molar-refractivity contribution >= 4 is 15.7 Å². The Bertz CT molecular complexity index is 816. The van der Waals surface area contributed by atoms with E-state index in [2.05, 4.69) is 4.72 Å². The zero-order chi connectivity index (χ0) is 17.9. The normalized spacial score (nSPS) is 13.2. The van der Waals surface area contributed by atoms with Gasteiger partial charge in [-0.05, 0) is 38.7 Å². The highest BCUT2D eigenvalue weighted by atomic mass is 32.2. The second-order valence-corrected chi connectivity index (χ2v) is 7.29. The van der Waals surface area contributed by atoms with Gasteiger partial charge in [0.15, 0.2) is 0 Å². The van der Waals surface area contributed by atoms with Gasteiger partial charge in [0.25, 0.3) is 5.69 Å². The second kappa shape index (κ2) is 7.12. The van der Waals surface area contributed by atoms with Crippen LogP contribution < -0.4 is 4.72 Å². The van der Waals surface area contributed by atoms with Crippen molar-refractivity contribution in [3.8, 4) is 0 Å². The zero-order valence-corrected chi connectivity index (χ0v) is 14.4. The molecule has 1 aromatic carbocycles. The van der Waals surface area contributed by atoms with Gasteiger partial charge in [-0.2, -0.15) is 0 Å². The van der Waals surface area contributed by atoms with Gasteiger partial charge in [0.05, 0.1) is 22.1 Å². The van der Waals surface area contributed by atoms with Crippen molar-refractivity contribution in [1.29, 1.82) is 0 Å². The zero-order valence-electron chi connectivity index (χ0n) is 13.6. The number of likely N-dealkylation sites (N-methyl/N-ethyl adjacent to an activating group) is 1. The molecule has 1 aromatic heterocycles. The summed E-state index contributed by atoms with van der Waals surface area (Å²) in [5, 5.41) is 10.9. The maximum absolute atomic E-state index is 12.5. The van der Waals surface area contributed by atoms with Crippen molar-refractivity contribution in [3.05, 3.63) is 58.0 Å². The first-order valence-corrected chi connectivity index (χ1v) is 8.65. The summed E-state index contributed by atoms with van der Waals surface area (Å²) in [6.07, 6.45) is 1.52. The topological polar surface area (TPSA) is 106 Å². The summed E-state index contributed by atoms with van der Waals surface area (Å²) in [6, 6.07) is 6.95. The highest BCUT2D eigenvalue weighted by molar-refractivity contribution is 7.89. The average Bonchev–Trinajstić information content (AvgIpc) is 3.01. The number of non-ortho nitro benzene ring substituents is 1. The maximum Gasteiger partial charge on any atom is 0.270 e. The van der Waals surface area contributed by atoms with E-state index < -0.39 is 14.9 Å². The second-order valence-electron chi connectivity index (χ2n) is 5.55. The number of sulfonamides is 1. The number of benzene rings is 1. The van der Waals surface area contributed by atoms with Gasteiger partial charge in [0.1, 0.15) is 5.76 Å². The van der Waals surface area contributed by atoms with Crippen LogP contribution >= 0.6 is 0 Å². The molecule has 0 saturated carbocycles. The SMILES string of the molecule is Cc1ccc([N+](=O)[O-])cc1S(=O)(=O)NCC(c1ccco1)N(C)C. The standard InChI is InChI=1S/C15H19N3O5S/c1-11-6-7-12(18(19)20)9-15(11)24(21,22)16-10-13(17(2)3)14-5-4-8-23-14/h4-9,13,16H,10H2,1-3H3. The summed E-state index contributed by atoms with van der Waals surface area (Å²) in [6.45, 7) is 1.67. The number of aryl methyl sites for hydroxylation is 1. The van der Waals surface area contributed by atoms with E-state index in [1.165, 1.54) is 18.4 Å². The van der Waals surface area contributed by atoms with Crippen LogP contribution in [0.5, 0.6) is 0 Å². The smallest absolute Gasteiger partial charge is 0.270 e. The van der Waals surface area contributed by atoms with Crippen molar-refractivity contribution < 1.29 is 17.8 Å². The number of nitrogens with zero attached hydrogens (tertiary/aromatic N) is 2. The molecule has 1 unspecified atom stereocenters. The number of rotatable bonds is 7. The third-order valence-electron chi connectivity index (χ3n) is 3.63. The predicted octanol–water partition coefficient (Wildman–Crippen LogP) is 2.08. The third kappa shape index (κ3) is 3.99. The lowest BCUT2D eigenvalue weighted by atomic mass is 10.2. The van der Waals surface area contributed by atoms with Gasteiger partial charge in [-0.15, -0.1) is 0 Å². The van der Waals surface area contributed by atoms with E-state index in [-0.39, 0.29) is 23.2 Å². The molecule has 2 aromatic rings. The van der Waals surface area contributed by atoms with Gasteiger partial charge in [-0.3, -0.25) is 15.0 Å². The molecule has 8 nitrogen and oxygen atoms in total. The predicted molar refractivity (Wildman–Crippen MR) is 88.2 cm³/mol. The average molecular weight is 353 g/mol. The molecule has 1 atom stereocenters. The van der Waals surface area contributed by atoms with E-state index in [9.17, 15) is 18.5 Å². The molecule has 0 aliphatic carbocycles. The summed E-state index contributed by atoms with van der Waals surface area (Å²) in [4.78, 5) is 12.0. The Morgan fingerprint density at radius 2 is 2.04 bits per heavy atom. The Morgan fingerprint density at radius 1 is 1.33 bits per heavy atom. The van der Waals surface area contributed by atoms with E-state index in [0.29, 0.717) is 11.3 Å². The maximum atomic E-state index is 12.5. The molecule has 1 N–H and O–H groups in total. The van der Waals surface area contributed by atoms with Crippen LogP contribution in [0.2, 0.25) is 0 Å². The van der Waals surface area contributed by atoms with E-state index in [1.807, 2.05) is 4.90 Å². The van der Waals surface area contributed by atoms with Crippen LogP contribution in [-0.2, 0) is 10.0 Å². The fraction of sp³-hybridized carbons (Fsp3) is 0.333. The van der Waals surface area contributed by atoms with E-state index in [1.54, 1.807) is 33.2 Å². The van der Waals surface area contributed by atoms with Gasteiger partial charge >= 0.3 is 0 Å². The largest absolute Gasteiger partial charge is 0.468 e. The molecule has 0 bridgehead atoms. The molecule has 0 saturated heterocycles. The van der Waals surface area contributed by atoms with Crippen LogP contribution in [0.25, 0.3) is 0 Å². The highest BCUT2D eigenvalue weighted by Gasteiger charge is 2.24. The van der Waals surface area contributed by atoms with E-state index in [0.717, 1.165) is 6.07 Å². The fourth-order valence-corrected chi connectivity index (χ4v) is 3.58. The van der Waals surface area contributed by atoms with Crippen molar-refractivity contribution in [2.75, 3.05) is 20.6 Å². The Labute approximate surface area is 140 Å². The van der Waals surface area contributed by atoms with E-state index in [4.69, 9.17) is 4.42 Å². The number of nitro groups is 1. The van der Waals surface area contributed by atoms with Crippen molar-refractivity contribution in [2.45, 2.75) is 17.9 Å². The quantitative estimate of drug-likeness (QED) is 0.603. The van der Waals surface area contributed by atoms with Gasteiger partial charge in [-0.1, -0.05) is 6.07 Å². The number of nitro benzene ring substituents is 1. The molecule has 0 spiro atoms. The third-order valence-corrected chi connectivity index (χ3v) is 5.20. The number of furan rings is 1. The minimum Gasteiger partial charge on any atom is -0.468 e. The molecule has 0 aliphatic heterocycles. The monoisotopic (exact) mass is 353 g/mol. The molecule has 130 valence electrons. The first kappa shape index (κ1) is 18.1. The van der Waals surface area contributed by atoms with Crippen LogP contribution in [-0.4, -0.2) is 38.9 Å². The summed E-state index contributed by atoms with van der Waals surface area (Å²) >= 11 is 0. The summed E-state index contributed by atoms with van der Waals surface area (Å²) < 4.78 is 32.9. The molecular formula is C15H19N3O5S. The lowest BCUT2D eigenvalue weighted by molar-refractivity contribution is -0.385. The lowest BCUT2D eigenvalue weighted by Gasteiger charge is -2.22. The first-order chi connectivity index (χ1) is 11.2. The molecule has 24 heavy (non-hydrogen) atoms. The van der Waals surface area contributed by atoms with Crippen LogP contribution in [0.15, 0.2) is 45.9 Å². The molecule has 2 rings (SSSR count). The van der Waals surface area contributed by atoms with Gasteiger partial charge in [0.2, 0.25) is 10.0 Å². The summed E-state index contributed by atoms with van der Waals surface area (Å²) in [7, 11) is -0.278. The molecule has 0 fully saturated rings. The van der Waals surface area contributed by atoms with Crippen LogP contribution in [0.4, 0.5) is 5.69 Å². The molecule has 0 amide bonds. The molecule has 0 radical (unpaired) electrons. The fourth-order valence-electron chi connectivity index (χ4n) is 2.28. The Kier molecular flexibility index (Phi) is 5.37. The highest BCUT2D eigenvalue weighted by Crippen LogP contribution is 2.23. The Hall–Kier alpha value is -2.23. The van der Waals surface area contributed by atoms with Crippen LogP contribution in [0, 0.1) is 17.0 Å². The van der Waals surface area contributed by atoms with Crippen LogP contribution in [0.3, 0.4) is 0 Å². The number of hydrogen-bond acceptors (Lipinski definition) is 6. The molecule has 9 heteroatoms. The van der Waals surface area contributed by atoms with Gasteiger partial charge in [0, 0.05) is 18.7 Å². The summed E-state index contributed by atoms with van der Waals surface area (Å²) in [5.74, 6) is 0.624. The molecular weight excluding hydrogens is 334 g/mol. The van der Waals surface area contributed by atoms with Crippen molar-refractivity contribution in [2.24, 2.45) is 0 Å². The number of nitrogens with one attached hydrogen (secondary N) is 1. The van der Waals surface area contributed by atoms with Gasteiger partial charge < -0.3 is 4.42 Å². The minimum absolute atomic E-state index is 0.0744. The lowest BCUT2D eigenvalue weighted by Crippen LogP contribution is -2.34. The Morgan fingerprint density at radius 3 is 2.58 bits per heavy atom. The van der Waals surface area contributed by atoms with Gasteiger partial charge in [-0.25, -0.2) is 13.1 Å². The van der Waals surface area contributed by atoms with Crippen molar-refractivity contribution in [1.82, 2.24) is 9.62 Å². The van der Waals surface area contributed by atoms with E-state index >= 15 is 0 Å². The van der Waals surface area contributed by atoms with Crippen LogP contribution in [0.1, 0.15) is 17.4 Å². The van der Waals surface area contributed by atoms with Crippen molar-refractivity contribution in [3.63, 3.8) is 0 Å². The molecule has 0 aliphatic rings. The Balaban J connectivity index is 2.25. The minimum atomic E-state index is -3.89. The summed E-state index contributed by atoms with van der Waals surface area (Å²) in [5.41, 5.74) is 0.170. The molecule has 1 heterocycles.